The van der Waals surface area contributed by atoms with Crippen molar-refractivity contribution < 1.29 is 4.79 Å². The minimum Gasteiger partial charge on any atom is -0.369 e. The number of hydrogen-bond donors (Lipinski definition) is 1. The first-order valence-corrected chi connectivity index (χ1v) is 9.91. The molecule has 1 saturated carbocycles. The summed E-state index contributed by atoms with van der Waals surface area (Å²) in [5, 5.41) is 0. The minimum absolute atomic E-state index is 0.150. The Morgan fingerprint density at radius 3 is 2.63 bits per heavy atom. The normalized spacial score (nSPS) is 27.8. The molecule has 1 aromatic heterocycles. The maximum Gasteiger partial charge on any atom is 0.225 e. The molecule has 1 aliphatic heterocycles. The molecule has 2 atom stereocenters. The van der Waals surface area contributed by atoms with Crippen molar-refractivity contribution in [3.8, 4) is 11.4 Å². The highest BCUT2D eigenvalue weighted by molar-refractivity contribution is 5.85. The second-order valence-corrected chi connectivity index (χ2v) is 9.13. The molecule has 1 saturated heterocycles. The number of primary amides is 1. The number of carbonyl (C=O) groups excluding carboxylic acids is 1. The molecule has 2 N–H and O–H groups in total. The summed E-state index contributed by atoms with van der Waals surface area (Å²) >= 11 is 0. The SMILES string of the molecule is CC1(C)C[C@]2(C(N)=O)CN(c3nc(-c4ccccc4)nc4c3CCC4)C[C@H]12. The summed E-state index contributed by atoms with van der Waals surface area (Å²) in [5.41, 5.74) is 9.12. The number of carbonyl (C=O) groups is 1. The first kappa shape index (κ1) is 16.7. The molecule has 0 spiro atoms. The van der Waals surface area contributed by atoms with Gasteiger partial charge >= 0.3 is 0 Å². The number of nitrogens with zero attached hydrogens (tertiary/aromatic N) is 3. The Balaban J connectivity index is 1.58. The summed E-state index contributed by atoms with van der Waals surface area (Å²) in [6, 6.07) is 10.2. The van der Waals surface area contributed by atoms with Crippen LogP contribution in [0.5, 0.6) is 0 Å². The fraction of sp³-hybridized carbons (Fsp3) is 0.500. The lowest BCUT2D eigenvalue weighted by atomic mass is 9.48. The van der Waals surface area contributed by atoms with E-state index in [9.17, 15) is 4.79 Å². The Bertz CT molecular complexity index is 923. The number of aromatic nitrogens is 2. The molecular formula is C22H26N4O. The van der Waals surface area contributed by atoms with Gasteiger partial charge in [0.25, 0.3) is 0 Å². The topological polar surface area (TPSA) is 72.1 Å². The van der Waals surface area contributed by atoms with Crippen molar-refractivity contribution in [2.45, 2.75) is 39.5 Å². The molecule has 5 rings (SSSR count). The Morgan fingerprint density at radius 1 is 1.19 bits per heavy atom. The van der Waals surface area contributed by atoms with Crippen molar-refractivity contribution in [3.05, 3.63) is 41.6 Å². The van der Waals surface area contributed by atoms with Crippen molar-refractivity contribution in [2.75, 3.05) is 18.0 Å². The Labute approximate surface area is 160 Å². The van der Waals surface area contributed by atoms with Crippen molar-refractivity contribution in [2.24, 2.45) is 22.5 Å². The number of aryl methyl sites for hydroxylation is 1. The summed E-state index contributed by atoms with van der Waals surface area (Å²) in [6.45, 7) is 6.05. The van der Waals surface area contributed by atoms with Crippen LogP contribution < -0.4 is 10.6 Å². The molecule has 140 valence electrons. The number of amides is 1. The number of benzene rings is 1. The highest BCUT2D eigenvalue weighted by Crippen LogP contribution is 2.63. The van der Waals surface area contributed by atoms with Crippen molar-refractivity contribution in [1.82, 2.24) is 9.97 Å². The Hall–Kier alpha value is -2.43. The molecule has 0 radical (unpaired) electrons. The van der Waals surface area contributed by atoms with Crippen molar-refractivity contribution >= 4 is 11.7 Å². The third-order valence-corrected chi connectivity index (χ3v) is 6.99. The maximum atomic E-state index is 12.3. The van der Waals surface area contributed by atoms with E-state index in [1.807, 2.05) is 18.2 Å². The fourth-order valence-electron chi connectivity index (χ4n) is 5.78. The fourth-order valence-corrected chi connectivity index (χ4v) is 5.78. The molecule has 0 bridgehead atoms. The molecule has 3 aliphatic rings. The predicted molar refractivity (Wildman–Crippen MR) is 105 cm³/mol. The third-order valence-electron chi connectivity index (χ3n) is 6.99. The van der Waals surface area contributed by atoms with Gasteiger partial charge in [-0.05, 0) is 37.0 Å². The van der Waals surface area contributed by atoms with E-state index in [-0.39, 0.29) is 11.3 Å². The van der Waals surface area contributed by atoms with Gasteiger partial charge in [0.15, 0.2) is 5.82 Å². The number of nitrogens with two attached hydrogens (primary N) is 1. The zero-order chi connectivity index (χ0) is 18.8. The van der Waals surface area contributed by atoms with Crippen LogP contribution in [0.2, 0.25) is 0 Å². The van der Waals surface area contributed by atoms with E-state index in [0.717, 1.165) is 49.4 Å². The number of hydrogen-bond acceptors (Lipinski definition) is 4. The van der Waals surface area contributed by atoms with E-state index < -0.39 is 5.41 Å². The van der Waals surface area contributed by atoms with Gasteiger partial charge < -0.3 is 10.6 Å². The molecule has 1 aromatic carbocycles. The second-order valence-electron chi connectivity index (χ2n) is 9.13. The first-order valence-electron chi connectivity index (χ1n) is 9.91. The quantitative estimate of drug-likeness (QED) is 0.911. The van der Waals surface area contributed by atoms with Crippen LogP contribution in [0.3, 0.4) is 0 Å². The predicted octanol–water partition coefficient (Wildman–Crippen LogP) is 2.97. The van der Waals surface area contributed by atoms with Crippen LogP contribution in [0.15, 0.2) is 30.3 Å². The maximum absolute atomic E-state index is 12.3. The zero-order valence-electron chi connectivity index (χ0n) is 16.0. The lowest BCUT2D eigenvalue weighted by Crippen LogP contribution is -2.59. The van der Waals surface area contributed by atoms with Crippen LogP contribution >= 0.6 is 0 Å². The summed E-state index contributed by atoms with van der Waals surface area (Å²) in [5.74, 6) is 1.97. The van der Waals surface area contributed by atoms with Gasteiger partial charge in [0.05, 0.1) is 5.41 Å². The molecule has 1 amide bonds. The molecule has 2 fully saturated rings. The Morgan fingerprint density at radius 2 is 1.96 bits per heavy atom. The molecule has 27 heavy (non-hydrogen) atoms. The highest BCUT2D eigenvalue weighted by atomic mass is 16.1. The summed E-state index contributed by atoms with van der Waals surface area (Å²) in [4.78, 5) is 24.5. The van der Waals surface area contributed by atoms with Gasteiger partial charge in [-0.15, -0.1) is 0 Å². The molecule has 0 unspecified atom stereocenters. The molecular weight excluding hydrogens is 336 g/mol. The smallest absolute Gasteiger partial charge is 0.225 e. The van der Waals surface area contributed by atoms with E-state index in [1.165, 1.54) is 11.3 Å². The average molecular weight is 362 g/mol. The average Bonchev–Trinajstić information content (AvgIpc) is 3.24. The first-order chi connectivity index (χ1) is 12.9. The lowest BCUT2D eigenvalue weighted by Gasteiger charge is -2.54. The Kier molecular flexibility index (Phi) is 3.43. The van der Waals surface area contributed by atoms with E-state index in [1.54, 1.807) is 0 Å². The van der Waals surface area contributed by atoms with Gasteiger partial charge in [0.1, 0.15) is 5.82 Å². The van der Waals surface area contributed by atoms with Crippen LogP contribution in [0.1, 0.15) is 37.9 Å². The largest absolute Gasteiger partial charge is 0.369 e. The van der Waals surface area contributed by atoms with Crippen LogP contribution in [0, 0.1) is 16.7 Å². The van der Waals surface area contributed by atoms with Gasteiger partial charge in [-0.3, -0.25) is 4.79 Å². The summed E-state index contributed by atoms with van der Waals surface area (Å²) in [7, 11) is 0. The third kappa shape index (κ3) is 2.33. The molecule has 2 heterocycles. The van der Waals surface area contributed by atoms with Crippen LogP contribution in [0.4, 0.5) is 5.82 Å². The van der Waals surface area contributed by atoms with Gasteiger partial charge in [-0.2, -0.15) is 0 Å². The highest BCUT2D eigenvalue weighted by Gasteiger charge is 2.66. The minimum atomic E-state index is -0.396. The summed E-state index contributed by atoms with van der Waals surface area (Å²) < 4.78 is 0. The van der Waals surface area contributed by atoms with Crippen molar-refractivity contribution in [1.29, 1.82) is 0 Å². The second kappa shape index (κ2) is 5.54. The number of anilines is 1. The summed E-state index contributed by atoms with van der Waals surface area (Å²) in [6.07, 6.45) is 4.02. The van der Waals surface area contributed by atoms with Gasteiger partial charge in [0.2, 0.25) is 5.91 Å². The van der Waals surface area contributed by atoms with Crippen LogP contribution in [-0.2, 0) is 17.6 Å². The molecule has 5 nitrogen and oxygen atoms in total. The van der Waals surface area contributed by atoms with E-state index in [4.69, 9.17) is 15.7 Å². The lowest BCUT2D eigenvalue weighted by molar-refractivity contribution is -0.148. The standard InChI is InChI=1S/C22H26N4O/c1-21(2)12-22(20(23)27)13-26(11-17(21)22)19-15-9-6-10-16(15)24-18(25-19)14-7-4-3-5-8-14/h3-5,7-8,17H,6,9-13H2,1-2H3,(H2,23,27)/t17-,22+/m1/s1. The molecule has 5 heteroatoms. The van der Waals surface area contributed by atoms with Gasteiger partial charge in [-0.25, -0.2) is 9.97 Å². The van der Waals surface area contributed by atoms with Crippen molar-refractivity contribution in [3.63, 3.8) is 0 Å². The van der Waals surface area contributed by atoms with E-state index >= 15 is 0 Å². The van der Waals surface area contributed by atoms with Crippen LogP contribution in [0.25, 0.3) is 11.4 Å². The molecule has 2 aromatic rings. The number of fused-ring (bicyclic) bond motifs is 2. The molecule has 2 aliphatic carbocycles. The number of rotatable bonds is 3. The monoisotopic (exact) mass is 362 g/mol. The zero-order valence-corrected chi connectivity index (χ0v) is 16.0. The van der Waals surface area contributed by atoms with E-state index in [0.29, 0.717) is 12.5 Å². The van der Waals surface area contributed by atoms with Gasteiger partial charge in [-0.1, -0.05) is 44.2 Å². The van der Waals surface area contributed by atoms with Crippen LogP contribution in [-0.4, -0.2) is 29.0 Å². The van der Waals surface area contributed by atoms with Gasteiger partial charge in [0, 0.05) is 29.9 Å². The van der Waals surface area contributed by atoms with E-state index in [2.05, 4.69) is 30.9 Å².